The average molecular weight is 454 g/mol. The highest BCUT2D eigenvalue weighted by atomic mass is 16.2. The van der Waals surface area contributed by atoms with E-state index < -0.39 is 0 Å². The molecule has 1 aromatic carbocycles. The van der Waals surface area contributed by atoms with Crippen LogP contribution in [0, 0.1) is 0 Å². The van der Waals surface area contributed by atoms with Crippen LogP contribution in [0.15, 0.2) is 67.1 Å². The number of aryl methyl sites for hydroxylation is 1. The third-order valence-corrected chi connectivity index (χ3v) is 6.09. The van der Waals surface area contributed by atoms with Gasteiger partial charge in [-0.1, -0.05) is 36.4 Å². The molecule has 1 fully saturated rings. The smallest absolute Gasteiger partial charge is 0.273 e. The molecule has 8 heteroatoms. The standard InChI is InChI=1S/C26H27N7O/c1-31(2)26-27-16-20(18-9-5-4-6-10-18)24(30-26)23-13-8-14-33(23)25(34)22-12-7-11-21(29-22)19-15-28-32(3)17-19/h4-7,9-12,15-17,23H,8,13-14H2,1-3H3. The number of pyridine rings is 1. The summed E-state index contributed by atoms with van der Waals surface area (Å²) >= 11 is 0. The molecule has 172 valence electrons. The van der Waals surface area contributed by atoms with E-state index in [0.717, 1.165) is 40.9 Å². The molecule has 4 heterocycles. The van der Waals surface area contributed by atoms with Gasteiger partial charge in [-0.05, 0) is 30.5 Å². The molecule has 0 spiro atoms. The van der Waals surface area contributed by atoms with E-state index >= 15 is 0 Å². The highest BCUT2D eigenvalue weighted by molar-refractivity contribution is 5.93. The third-order valence-electron chi connectivity index (χ3n) is 6.09. The van der Waals surface area contributed by atoms with E-state index in [4.69, 9.17) is 4.98 Å². The SMILES string of the molecule is CN(C)c1ncc(-c2ccccc2)c(C2CCCN2C(=O)c2cccc(-c3cnn(C)c3)n2)n1. The highest BCUT2D eigenvalue weighted by Crippen LogP contribution is 2.37. The molecule has 3 aromatic heterocycles. The number of hydrogen-bond acceptors (Lipinski definition) is 6. The minimum Gasteiger partial charge on any atom is -0.347 e. The van der Waals surface area contributed by atoms with Crippen molar-refractivity contribution >= 4 is 11.9 Å². The molecule has 5 rings (SSSR count). The van der Waals surface area contributed by atoms with Crippen LogP contribution in [0.25, 0.3) is 22.4 Å². The fourth-order valence-corrected chi connectivity index (χ4v) is 4.40. The Morgan fingerprint density at radius 1 is 1.00 bits per heavy atom. The van der Waals surface area contributed by atoms with Gasteiger partial charge in [0.15, 0.2) is 0 Å². The summed E-state index contributed by atoms with van der Waals surface area (Å²) in [5, 5.41) is 4.22. The first-order valence-corrected chi connectivity index (χ1v) is 11.4. The summed E-state index contributed by atoms with van der Waals surface area (Å²) in [5.41, 5.74) is 4.91. The largest absolute Gasteiger partial charge is 0.347 e. The average Bonchev–Trinajstić information content (AvgIpc) is 3.53. The maximum absolute atomic E-state index is 13.7. The summed E-state index contributed by atoms with van der Waals surface area (Å²) < 4.78 is 1.73. The van der Waals surface area contributed by atoms with Gasteiger partial charge in [-0.2, -0.15) is 5.10 Å². The summed E-state index contributed by atoms with van der Waals surface area (Å²) in [6.07, 6.45) is 7.28. The highest BCUT2D eigenvalue weighted by Gasteiger charge is 2.34. The first-order valence-electron chi connectivity index (χ1n) is 11.4. The van der Waals surface area contributed by atoms with Gasteiger partial charge in [-0.25, -0.2) is 15.0 Å². The zero-order valence-electron chi connectivity index (χ0n) is 19.6. The summed E-state index contributed by atoms with van der Waals surface area (Å²) in [5.74, 6) is 0.544. The third kappa shape index (κ3) is 4.14. The molecule has 1 aliphatic rings. The Labute approximate surface area is 198 Å². The Morgan fingerprint density at radius 3 is 2.56 bits per heavy atom. The molecule has 0 radical (unpaired) electrons. The molecule has 0 saturated carbocycles. The molecule has 1 saturated heterocycles. The molecule has 8 nitrogen and oxygen atoms in total. The summed E-state index contributed by atoms with van der Waals surface area (Å²) in [6.45, 7) is 0.665. The number of nitrogens with zero attached hydrogens (tertiary/aromatic N) is 7. The van der Waals surface area contributed by atoms with E-state index in [-0.39, 0.29) is 11.9 Å². The van der Waals surface area contributed by atoms with Crippen LogP contribution in [0.2, 0.25) is 0 Å². The van der Waals surface area contributed by atoms with Crippen molar-refractivity contribution in [2.45, 2.75) is 18.9 Å². The van der Waals surface area contributed by atoms with Crippen molar-refractivity contribution < 1.29 is 4.79 Å². The number of anilines is 1. The molecule has 0 aliphatic carbocycles. The normalized spacial score (nSPS) is 15.5. The van der Waals surface area contributed by atoms with Crippen molar-refractivity contribution in [1.82, 2.24) is 29.6 Å². The predicted molar refractivity (Wildman–Crippen MR) is 131 cm³/mol. The number of carbonyl (C=O) groups is 1. The van der Waals surface area contributed by atoms with Crippen LogP contribution < -0.4 is 4.90 Å². The molecular weight excluding hydrogens is 426 g/mol. The van der Waals surface area contributed by atoms with Crippen molar-refractivity contribution in [2.24, 2.45) is 7.05 Å². The number of hydrogen-bond donors (Lipinski definition) is 0. The van der Waals surface area contributed by atoms with Gasteiger partial charge in [0, 0.05) is 51.2 Å². The van der Waals surface area contributed by atoms with Crippen LogP contribution in [0.5, 0.6) is 0 Å². The summed E-state index contributed by atoms with van der Waals surface area (Å²) in [6, 6.07) is 15.5. The van der Waals surface area contributed by atoms with Gasteiger partial charge < -0.3 is 9.80 Å². The van der Waals surface area contributed by atoms with E-state index in [9.17, 15) is 4.79 Å². The van der Waals surface area contributed by atoms with E-state index in [1.807, 2.05) is 73.7 Å². The van der Waals surface area contributed by atoms with Gasteiger partial charge in [-0.3, -0.25) is 9.48 Å². The monoisotopic (exact) mass is 453 g/mol. The molecule has 1 atom stereocenters. The Kier molecular flexibility index (Phi) is 5.79. The van der Waals surface area contributed by atoms with Crippen LogP contribution in [0.3, 0.4) is 0 Å². The fourth-order valence-electron chi connectivity index (χ4n) is 4.40. The molecule has 1 aliphatic heterocycles. The molecule has 0 N–H and O–H groups in total. The van der Waals surface area contributed by atoms with Crippen LogP contribution in [-0.2, 0) is 7.05 Å². The van der Waals surface area contributed by atoms with E-state index in [0.29, 0.717) is 18.2 Å². The van der Waals surface area contributed by atoms with E-state index in [2.05, 4.69) is 27.2 Å². The van der Waals surface area contributed by atoms with Crippen LogP contribution in [0.4, 0.5) is 5.95 Å². The van der Waals surface area contributed by atoms with Gasteiger partial charge in [0.1, 0.15) is 5.69 Å². The number of carbonyl (C=O) groups excluding carboxylic acids is 1. The Bertz CT molecular complexity index is 1320. The quantitative estimate of drug-likeness (QED) is 0.455. The molecule has 1 unspecified atom stereocenters. The maximum Gasteiger partial charge on any atom is 0.273 e. The van der Waals surface area contributed by atoms with E-state index in [1.54, 1.807) is 16.9 Å². The number of rotatable bonds is 5. The number of aromatic nitrogens is 5. The van der Waals surface area contributed by atoms with Gasteiger partial charge in [0.25, 0.3) is 5.91 Å². The van der Waals surface area contributed by atoms with Crippen molar-refractivity contribution in [2.75, 3.05) is 25.5 Å². The van der Waals surface area contributed by atoms with Gasteiger partial charge in [0.2, 0.25) is 5.95 Å². The van der Waals surface area contributed by atoms with Crippen LogP contribution >= 0.6 is 0 Å². The topological polar surface area (TPSA) is 80.0 Å². The second kappa shape index (κ2) is 9.05. The van der Waals surface area contributed by atoms with Crippen molar-refractivity contribution in [3.8, 4) is 22.4 Å². The zero-order chi connectivity index (χ0) is 23.7. The lowest BCUT2D eigenvalue weighted by atomic mass is 9.99. The minimum absolute atomic E-state index is 0.0859. The molecule has 4 aromatic rings. The second-order valence-corrected chi connectivity index (χ2v) is 8.70. The lowest BCUT2D eigenvalue weighted by Crippen LogP contribution is -2.32. The van der Waals surface area contributed by atoms with Crippen LogP contribution in [0.1, 0.15) is 35.1 Å². The maximum atomic E-state index is 13.7. The van der Waals surface area contributed by atoms with Crippen molar-refractivity contribution in [1.29, 1.82) is 0 Å². The fraction of sp³-hybridized carbons (Fsp3) is 0.269. The summed E-state index contributed by atoms with van der Waals surface area (Å²) in [7, 11) is 5.71. The molecule has 1 amide bonds. The predicted octanol–water partition coefficient (Wildman–Crippen LogP) is 3.98. The van der Waals surface area contributed by atoms with Gasteiger partial charge in [-0.15, -0.1) is 0 Å². The lowest BCUT2D eigenvalue weighted by Gasteiger charge is -2.26. The first-order chi connectivity index (χ1) is 16.5. The van der Waals surface area contributed by atoms with Crippen LogP contribution in [-0.4, -0.2) is 56.2 Å². The minimum atomic E-state index is -0.145. The van der Waals surface area contributed by atoms with Crippen molar-refractivity contribution in [3.63, 3.8) is 0 Å². The number of amides is 1. The number of benzene rings is 1. The summed E-state index contributed by atoms with van der Waals surface area (Å²) in [4.78, 5) is 31.6. The first kappa shape index (κ1) is 21.8. The number of likely N-dealkylation sites (tertiary alicyclic amines) is 1. The van der Waals surface area contributed by atoms with E-state index in [1.165, 1.54) is 0 Å². The van der Waals surface area contributed by atoms with Gasteiger partial charge in [0.05, 0.1) is 23.6 Å². The molecular formula is C26H27N7O. The Balaban J connectivity index is 1.52. The van der Waals surface area contributed by atoms with Gasteiger partial charge >= 0.3 is 0 Å². The Morgan fingerprint density at radius 2 is 1.82 bits per heavy atom. The Hall–Kier alpha value is -4.07. The van der Waals surface area contributed by atoms with Crippen molar-refractivity contribution in [3.05, 3.63) is 78.5 Å². The lowest BCUT2D eigenvalue weighted by molar-refractivity contribution is 0.0727. The zero-order valence-corrected chi connectivity index (χ0v) is 19.6. The molecule has 34 heavy (non-hydrogen) atoms. The second-order valence-electron chi connectivity index (χ2n) is 8.70. The molecule has 0 bridgehead atoms.